The van der Waals surface area contributed by atoms with Gasteiger partial charge in [0.1, 0.15) is 5.82 Å². The van der Waals surface area contributed by atoms with Crippen LogP contribution in [0.25, 0.3) is 0 Å². The second kappa shape index (κ2) is 4.71. The number of allylic oxidation sites excluding steroid dienone is 1. The van der Waals surface area contributed by atoms with Gasteiger partial charge in [0.05, 0.1) is 0 Å². The van der Waals surface area contributed by atoms with Crippen LogP contribution in [0.3, 0.4) is 0 Å². The molecular weight excluding hydrogens is 209 g/mol. The Morgan fingerprint density at radius 2 is 2.27 bits per heavy atom. The molecule has 2 N–H and O–H groups in total. The van der Waals surface area contributed by atoms with Crippen molar-refractivity contribution in [3.63, 3.8) is 0 Å². The van der Waals surface area contributed by atoms with Crippen molar-refractivity contribution < 1.29 is 4.39 Å². The molecule has 3 heteroatoms. The van der Waals surface area contributed by atoms with Crippen molar-refractivity contribution in [1.29, 1.82) is 0 Å². The van der Waals surface area contributed by atoms with Gasteiger partial charge in [-0.25, -0.2) is 4.39 Å². The molecule has 1 aromatic rings. The molecule has 0 aliphatic heterocycles. The van der Waals surface area contributed by atoms with Crippen LogP contribution < -0.4 is 5.73 Å². The van der Waals surface area contributed by atoms with Crippen molar-refractivity contribution in [3.05, 3.63) is 36.2 Å². The van der Waals surface area contributed by atoms with E-state index in [2.05, 4.69) is 12.2 Å². The first-order valence-electron chi connectivity index (χ1n) is 5.14. The van der Waals surface area contributed by atoms with E-state index in [1.807, 2.05) is 0 Å². The fourth-order valence-corrected chi connectivity index (χ4v) is 2.81. The standard InChI is InChI=1S/C12H14FNS/c13-9-6-7-12(11(14)8-9)15-10-4-2-1-3-5-10/h2,4,6-8,10H,1,3,5,14H2. The summed E-state index contributed by atoms with van der Waals surface area (Å²) in [4.78, 5) is 0.980. The Kier molecular flexibility index (Phi) is 3.31. The number of benzene rings is 1. The molecule has 1 nitrogen and oxygen atoms in total. The van der Waals surface area contributed by atoms with Crippen LogP contribution in [0, 0.1) is 5.82 Å². The number of hydrogen-bond acceptors (Lipinski definition) is 2. The minimum absolute atomic E-state index is 0.268. The summed E-state index contributed by atoms with van der Waals surface area (Å²) in [5, 5.41) is 0.492. The lowest BCUT2D eigenvalue weighted by Crippen LogP contribution is -2.03. The van der Waals surface area contributed by atoms with Crippen LogP contribution in [0.4, 0.5) is 10.1 Å². The molecule has 80 valence electrons. The Bertz CT molecular complexity index is 376. The summed E-state index contributed by atoms with van der Waals surface area (Å²) in [5.41, 5.74) is 6.29. The molecule has 1 aliphatic rings. The minimum Gasteiger partial charge on any atom is -0.398 e. The molecule has 0 radical (unpaired) electrons. The maximum absolute atomic E-state index is 12.8. The average molecular weight is 223 g/mol. The largest absolute Gasteiger partial charge is 0.398 e. The zero-order valence-corrected chi connectivity index (χ0v) is 9.27. The summed E-state index contributed by atoms with van der Waals surface area (Å²) in [7, 11) is 0. The van der Waals surface area contributed by atoms with E-state index in [9.17, 15) is 4.39 Å². The van der Waals surface area contributed by atoms with Crippen molar-refractivity contribution in [1.82, 2.24) is 0 Å². The smallest absolute Gasteiger partial charge is 0.125 e. The lowest BCUT2D eigenvalue weighted by Gasteiger charge is -2.16. The van der Waals surface area contributed by atoms with E-state index in [0.29, 0.717) is 10.9 Å². The van der Waals surface area contributed by atoms with Crippen molar-refractivity contribution in [3.8, 4) is 0 Å². The molecular formula is C12H14FNS. The third-order valence-corrected chi connectivity index (χ3v) is 3.78. The van der Waals surface area contributed by atoms with Crippen molar-refractivity contribution in [2.24, 2.45) is 0 Å². The van der Waals surface area contributed by atoms with Crippen LogP contribution in [0.2, 0.25) is 0 Å². The lowest BCUT2D eigenvalue weighted by molar-refractivity contribution is 0.627. The number of anilines is 1. The molecule has 2 rings (SSSR count). The zero-order valence-electron chi connectivity index (χ0n) is 8.45. The van der Waals surface area contributed by atoms with Gasteiger partial charge in [-0.1, -0.05) is 12.2 Å². The van der Waals surface area contributed by atoms with E-state index < -0.39 is 0 Å². The SMILES string of the molecule is Nc1cc(F)ccc1SC1C=CCCC1. The molecule has 1 unspecified atom stereocenters. The summed E-state index contributed by atoms with van der Waals surface area (Å²) in [6.45, 7) is 0. The van der Waals surface area contributed by atoms with Gasteiger partial charge in [0.25, 0.3) is 0 Å². The molecule has 15 heavy (non-hydrogen) atoms. The number of hydrogen-bond donors (Lipinski definition) is 1. The second-order valence-corrected chi connectivity index (χ2v) is 4.98. The van der Waals surface area contributed by atoms with Crippen LogP contribution in [-0.2, 0) is 0 Å². The van der Waals surface area contributed by atoms with Crippen LogP contribution in [0.5, 0.6) is 0 Å². The third-order valence-electron chi connectivity index (χ3n) is 2.46. The topological polar surface area (TPSA) is 26.0 Å². The highest BCUT2D eigenvalue weighted by Crippen LogP contribution is 2.33. The zero-order chi connectivity index (χ0) is 10.7. The summed E-state index contributed by atoms with van der Waals surface area (Å²) in [5.74, 6) is -0.268. The van der Waals surface area contributed by atoms with Gasteiger partial charge in [-0.2, -0.15) is 0 Å². The number of nitrogen functional groups attached to an aromatic ring is 1. The molecule has 0 aromatic heterocycles. The molecule has 0 bridgehead atoms. The van der Waals surface area contributed by atoms with Crippen molar-refractivity contribution >= 4 is 17.4 Å². The van der Waals surface area contributed by atoms with E-state index in [4.69, 9.17) is 5.73 Å². The first-order valence-corrected chi connectivity index (χ1v) is 6.02. The van der Waals surface area contributed by atoms with E-state index in [0.717, 1.165) is 4.90 Å². The van der Waals surface area contributed by atoms with Gasteiger partial charge in [-0.05, 0) is 37.5 Å². The van der Waals surface area contributed by atoms with Gasteiger partial charge >= 0.3 is 0 Å². The Hall–Kier alpha value is -0.960. The van der Waals surface area contributed by atoms with Gasteiger partial charge in [-0.15, -0.1) is 11.8 Å². The highest BCUT2D eigenvalue weighted by molar-refractivity contribution is 8.00. The maximum Gasteiger partial charge on any atom is 0.125 e. The Morgan fingerprint density at radius 1 is 1.40 bits per heavy atom. The monoisotopic (exact) mass is 223 g/mol. The molecule has 1 aliphatic carbocycles. The van der Waals surface area contributed by atoms with E-state index in [1.54, 1.807) is 17.8 Å². The molecule has 0 spiro atoms. The highest BCUT2D eigenvalue weighted by Gasteiger charge is 2.11. The first-order chi connectivity index (χ1) is 7.25. The number of thioether (sulfide) groups is 1. The van der Waals surface area contributed by atoms with Gasteiger partial charge in [0, 0.05) is 15.8 Å². The average Bonchev–Trinajstić information content (AvgIpc) is 2.24. The van der Waals surface area contributed by atoms with Crippen LogP contribution in [-0.4, -0.2) is 5.25 Å². The second-order valence-electron chi connectivity index (χ2n) is 3.70. The van der Waals surface area contributed by atoms with E-state index >= 15 is 0 Å². The van der Waals surface area contributed by atoms with Gasteiger partial charge < -0.3 is 5.73 Å². The predicted octanol–water partition coefficient (Wildman–Crippen LogP) is 3.61. The summed E-state index contributed by atoms with van der Waals surface area (Å²) in [6, 6.07) is 4.61. The summed E-state index contributed by atoms with van der Waals surface area (Å²) < 4.78 is 12.8. The van der Waals surface area contributed by atoms with E-state index in [1.165, 1.54) is 31.4 Å². The molecule has 0 heterocycles. The van der Waals surface area contributed by atoms with Crippen LogP contribution in [0.15, 0.2) is 35.2 Å². The Morgan fingerprint density at radius 3 is 2.93 bits per heavy atom. The third kappa shape index (κ3) is 2.75. The highest BCUT2D eigenvalue weighted by atomic mass is 32.2. The fraction of sp³-hybridized carbons (Fsp3) is 0.333. The maximum atomic E-state index is 12.8. The van der Waals surface area contributed by atoms with Gasteiger partial charge in [0.2, 0.25) is 0 Å². The summed E-state index contributed by atoms with van der Waals surface area (Å²) in [6.07, 6.45) is 8.01. The number of nitrogens with two attached hydrogens (primary N) is 1. The molecule has 0 saturated heterocycles. The predicted molar refractivity (Wildman–Crippen MR) is 63.4 cm³/mol. The van der Waals surface area contributed by atoms with E-state index in [-0.39, 0.29) is 5.82 Å². The quantitative estimate of drug-likeness (QED) is 0.612. The molecule has 0 amide bonds. The van der Waals surface area contributed by atoms with Crippen molar-refractivity contribution in [2.75, 3.05) is 5.73 Å². The molecule has 1 aromatic carbocycles. The lowest BCUT2D eigenvalue weighted by atomic mass is 10.1. The van der Waals surface area contributed by atoms with Gasteiger partial charge in [-0.3, -0.25) is 0 Å². The van der Waals surface area contributed by atoms with Crippen LogP contribution >= 0.6 is 11.8 Å². The normalized spacial score (nSPS) is 20.5. The molecule has 0 fully saturated rings. The molecule has 0 saturated carbocycles. The summed E-state index contributed by atoms with van der Waals surface area (Å²) >= 11 is 1.72. The Balaban J connectivity index is 2.09. The van der Waals surface area contributed by atoms with Gasteiger partial charge in [0.15, 0.2) is 0 Å². The molecule has 1 atom stereocenters. The Labute approximate surface area is 93.6 Å². The minimum atomic E-state index is -0.268. The van der Waals surface area contributed by atoms with Crippen molar-refractivity contribution in [2.45, 2.75) is 29.4 Å². The fourth-order valence-electron chi connectivity index (χ4n) is 1.67. The van der Waals surface area contributed by atoms with Crippen LogP contribution in [0.1, 0.15) is 19.3 Å². The number of rotatable bonds is 2. The first kappa shape index (κ1) is 10.6. The number of halogens is 1.